The maximum Gasteiger partial charge on any atom is 0.274 e. The standard InChI is InChI=1S/C17H22N4OS/c1-12(2)14-11-15(20-19-14)17(22)21-9-6-13(7-10-21)23-16-5-3-4-8-18-16/h3-5,8,11-13H,6-7,9-10H2,1-2H3,(H,19,20). The Morgan fingerprint density at radius 1 is 1.35 bits per heavy atom. The molecule has 0 spiro atoms. The quantitative estimate of drug-likeness (QED) is 0.934. The van der Waals surface area contributed by atoms with Gasteiger partial charge in [-0.05, 0) is 37.0 Å². The largest absolute Gasteiger partial charge is 0.337 e. The Hall–Kier alpha value is -1.82. The third-order valence-corrected chi connectivity index (χ3v) is 5.38. The molecule has 122 valence electrons. The Balaban J connectivity index is 1.54. The maximum atomic E-state index is 12.5. The molecule has 23 heavy (non-hydrogen) atoms. The summed E-state index contributed by atoms with van der Waals surface area (Å²) in [7, 11) is 0. The van der Waals surface area contributed by atoms with Gasteiger partial charge in [0, 0.05) is 30.2 Å². The number of nitrogens with one attached hydrogen (secondary N) is 1. The van der Waals surface area contributed by atoms with E-state index in [-0.39, 0.29) is 5.91 Å². The second-order valence-electron chi connectivity index (χ2n) is 6.14. The van der Waals surface area contributed by atoms with Gasteiger partial charge in [0.05, 0.1) is 5.03 Å². The number of rotatable bonds is 4. The van der Waals surface area contributed by atoms with Crippen LogP contribution >= 0.6 is 11.8 Å². The van der Waals surface area contributed by atoms with Crippen LogP contribution in [-0.2, 0) is 0 Å². The first-order chi connectivity index (χ1) is 11.1. The molecule has 6 heteroatoms. The molecule has 1 aliphatic heterocycles. The van der Waals surface area contributed by atoms with Crippen molar-refractivity contribution >= 4 is 17.7 Å². The van der Waals surface area contributed by atoms with Crippen LogP contribution in [0.3, 0.4) is 0 Å². The van der Waals surface area contributed by atoms with Crippen LogP contribution in [0.4, 0.5) is 0 Å². The van der Waals surface area contributed by atoms with Crippen LogP contribution in [0.2, 0.25) is 0 Å². The number of hydrogen-bond donors (Lipinski definition) is 1. The number of aromatic amines is 1. The number of hydrogen-bond acceptors (Lipinski definition) is 4. The molecule has 5 nitrogen and oxygen atoms in total. The summed E-state index contributed by atoms with van der Waals surface area (Å²) < 4.78 is 0. The van der Waals surface area contributed by atoms with Gasteiger partial charge < -0.3 is 4.90 Å². The lowest BCUT2D eigenvalue weighted by Gasteiger charge is -2.31. The van der Waals surface area contributed by atoms with E-state index in [0.717, 1.165) is 36.7 Å². The van der Waals surface area contributed by atoms with Crippen molar-refractivity contribution in [2.75, 3.05) is 13.1 Å². The molecule has 1 N–H and O–H groups in total. The summed E-state index contributed by atoms with van der Waals surface area (Å²) >= 11 is 1.81. The number of thioether (sulfide) groups is 1. The van der Waals surface area contributed by atoms with E-state index < -0.39 is 0 Å². The third kappa shape index (κ3) is 3.93. The molecular weight excluding hydrogens is 308 g/mol. The lowest BCUT2D eigenvalue weighted by atomic mass is 10.1. The SMILES string of the molecule is CC(C)c1cc(C(=O)N2CCC(Sc3ccccn3)CC2)n[nH]1. The van der Waals surface area contributed by atoms with Gasteiger partial charge in [-0.3, -0.25) is 9.89 Å². The number of H-pyrrole nitrogens is 1. The molecule has 0 unspecified atom stereocenters. The van der Waals surface area contributed by atoms with Crippen molar-refractivity contribution < 1.29 is 4.79 Å². The minimum Gasteiger partial charge on any atom is -0.337 e. The maximum absolute atomic E-state index is 12.5. The van der Waals surface area contributed by atoms with Crippen LogP contribution in [0, 0.1) is 0 Å². The molecule has 0 radical (unpaired) electrons. The summed E-state index contributed by atoms with van der Waals surface area (Å²) in [6.07, 6.45) is 3.81. The summed E-state index contributed by atoms with van der Waals surface area (Å²) in [5.41, 5.74) is 1.54. The number of carbonyl (C=O) groups is 1. The van der Waals surface area contributed by atoms with Crippen LogP contribution in [0.25, 0.3) is 0 Å². The molecule has 0 aromatic carbocycles. The average molecular weight is 330 g/mol. The van der Waals surface area contributed by atoms with E-state index in [1.807, 2.05) is 47.1 Å². The second kappa shape index (κ2) is 7.17. The molecule has 1 fully saturated rings. The molecule has 0 atom stereocenters. The van der Waals surface area contributed by atoms with E-state index in [1.54, 1.807) is 0 Å². The fourth-order valence-electron chi connectivity index (χ4n) is 2.67. The summed E-state index contributed by atoms with van der Waals surface area (Å²) in [4.78, 5) is 18.8. The topological polar surface area (TPSA) is 61.9 Å². The van der Waals surface area contributed by atoms with Crippen molar-refractivity contribution in [3.05, 3.63) is 41.9 Å². The molecule has 1 aliphatic rings. The number of nitrogens with zero attached hydrogens (tertiary/aromatic N) is 3. The normalized spacial score (nSPS) is 16.0. The van der Waals surface area contributed by atoms with E-state index in [1.165, 1.54) is 0 Å². The highest BCUT2D eigenvalue weighted by Gasteiger charge is 2.26. The minimum atomic E-state index is 0.0365. The van der Waals surface area contributed by atoms with Gasteiger partial charge >= 0.3 is 0 Å². The highest BCUT2D eigenvalue weighted by atomic mass is 32.2. The summed E-state index contributed by atoms with van der Waals surface area (Å²) in [6, 6.07) is 7.86. The third-order valence-electron chi connectivity index (χ3n) is 4.09. The minimum absolute atomic E-state index is 0.0365. The molecule has 0 aliphatic carbocycles. The van der Waals surface area contributed by atoms with E-state index >= 15 is 0 Å². The summed E-state index contributed by atoms with van der Waals surface area (Å²) in [5, 5.41) is 8.71. The molecule has 2 aromatic heterocycles. The lowest BCUT2D eigenvalue weighted by molar-refractivity contribution is 0.0721. The van der Waals surface area contributed by atoms with Gasteiger partial charge in [-0.25, -0.2) is 4.98 Å². The fraction of sp³-hybridized carbons (Fsp3) is 0.471. The Kier molecular flexibility index (Phi) is 5.00. The van der Waals surface area contributed by atoms with Crippen LogP contribution in [-0.4, -0.2) is 44.3 Å². The molecule has 1 saturated heterocycles. The van der Waals surface area contributed by atoms with Crippen molar-refractivity contribution in [2.45, 2.75) is 42.9 Å². The molecular formula is C17H22N4OS. The van der Waals surface area contributed by atoms with Gasteiger partial charge in [-0.1, -0.05) is 19.9 Å². The Labute approximate surface area is 140 Å². The number of piperidine rings is 1. The molecule has 1 amide bonds. The Morgan fingerprint density at radius 2 is 2.13 bits per heavy atom. The summed E-state index contributed by atoms with van der Waals surface area (Å²) in [5.74, 6) is 0.388. The average Bonchev–Trinajstić information content (AvgIpc) is 3.06. The van der Waals surface area contributed by atoms with Crippen molar-refractivity contribution in [1.29, 1.82) is 0 Å². The van der Waals surface area contributed by atoms with Crippen LogP contribution in [0.15, 0.2) is 35.5 Å². The first kappa shape index (κ1) is 16.1. The number of amides is 1. The van der Waals surface area contributed by atoms with Crippen molar-refractivity contribution in [3.8, 4) is 0 Å². The van der Waals surface area contributed by atoms with Crippen molar-refractivity contribution in [2.24, 2.45) is 0 Å². The van der Waals surface area contributed by atoms with Crippen molar-refractivity contribution in [3.63, 3.8) is 0 Å². The van der Waals surface area contributed by atoms with E-state index in [4.69, 9.17) is 0 Å². The van der Waals surface area contributed by atoms with E-state index in [2.05, 4.69) is 29.0 Å². The van der Waals surface area contributed by atoms with Gasteiger partial charge in [0.15, 0.2) is 0 Å². The number of pyridine rings is 1. The molecule has 0 saturated carbocycles. The zero-order valence-electron chi connectivity index (χ0n) is 13.5. The van der Waals surface area contributed by atoms with Gasteiger partial charge in [-0.2, -0.15) is 5.10 Å². The molecule has 2 aromatic rings. The van der Waals surface area contributed by atoms with Gasteiger partial charge in [0.1, 0.15) is 5.69 Å². The fourth-order valence-corrected chi connectivity index (χ4v) is 3.74. The number of carbonyl (C=O) groups excluding carboxylic acids is 1. The van der Waals surface area contributed by atoms with Gasteiger partial charge in [-0.15, -0.1) is 11.8 Å². The first-order valence-corrected chi connectivity index (χ1v) is 8.93. The predicted molar refractivity (Wildman–Crippen MR) is 91.7 cm³/mol. The van der Waals surface area contributed by atoms with E-state index in [9.17, 15) is 4.79 Å². The Bertz CT molecular complexity index is 648. The van der Waals surface area contributed by atoms with Crippen LogP contribution in [0.5, 0.6) is 0 Å². The zero-order valence-corrected chi connectivity index (χ0v) is 14.3. The molecule has 3 heterocycles. The Morgan fingerprint density at radius 3 is 2.74 bits per heavy atom. The molecule has 0 bridgehead atoms. The lowest BCUT2D eigenvalue weighted by Crippen LogP contribution is -2.39. The second-order valence-corrected chi connectivity index (χ2v) is 7.46. The predicted octanol–water partition coefficient (Wildman–Crippen LogP) is 3.33. The summed E-state index contributed by atoms with van der Waals surface area (Å²) in [6.45, 7) is 5.74. The number of aromatic nitrogens is 3. The van der Waals surface area contributed by atoms with Gasteiger partial charge in [0.2, 0.25) is 0 Å². The zero-order chi connectivity index (χ0) is 16.2. The van der Waals surface area contributed by atoms with Crippen LogP contribution in [0.1, 0.15) is 48.8 Å². The van der Waals surface area contributed by atoms with Crippen LogP contribution < -0.4 is 0 Å². The smallest absolute Gasteiger partial charge is 0.274 e. The van der Waals surface area contributed by atoms with E-state index in [0.29, 0.717) is 16.9 Å². The van der Waals surface area contributed by atoms with Crippen molar-refractivity contribution in [1.82, 2.24) is 20.1 Å². The molecule has 3 rings (SSSR count). The van der Waals surface area contributed by atoms with Gasteiger partial charge in [0.25, 0.3) is 5.91 Å². The monoisotopic (exact) mass is 330 g/mol. The first-order valence-electron chi connectivity index (χ1n) is 8.05. The highest BCUT2D eigenvalue weighted by Crippen LogP contribution is 2.29. The number of likely N-dealkylation sites (tertiary alicyclic amines) is 1. The highest BCUT2D eigenvalue weighted by molar-refractivity contribution is 7.99.